The zero-order chi connectivity index (χ0) is 17.9. The lowest BCUT2D eigenvalue weighted by atomic mass is 9.59. The van der Waals surface area contributed by atoms with Crippen LogP contribution in [0.5, 0.6) is 0 Å². The molecule has 5 fully saturated rings. The Bertz CT molecular complexity index is 510. The molecule has 0 aromatic rings. The van der Waals surface area contributed by atoms with Gasteiger partial charge in [0.15, 0.2) is 0 Å². The Hall–Kier alpha value is 0.0649. The highest BCUT2D eigenvalue weighted by atomic mass is 14.6. The van der Waals surface area contributed by atoms with E-state index in [-0.39, 0.29) is 0 Å². The minimum Gasteiger partial charge on any atom is -0.0771 e. The van der Waals surface area contributed by atoms with Crippen molar-refractivity contribution < 1.29 is 0 Å². The molecule has 0 N–H and O–H groups in total. The predicted molar refractivity (Wildman–Crippen MR) is 111 cm³/mol. The van der Waals surface area contributed by atoms with E-state index in [1.807, 2.05) is 0 Å². The average molecular weight is 352 g/mol. The Morgan fingerprint density at radius 1 is 0.577 bits per heavy atom. The van der Waals surface area contributed by atoms with Gasteiger partial charge in [-0.25, -0.2) is 0 Å². The molecule has 144 valence electrons. The zero-order valence-electron chi connectivity index (χ0n) is 17.5. The fraction of sp³-hybridized carbons (Fsp3) is 1.00. The minimum absolute atomic E-state index is 0.494. The normalized spacial score (nSPS) is 53.4. The van der Waals surface area contributed by atoms with Crippen LogP contribution in [0.3, 0.4) is 0 Å². The third-order valence-electron chi connectivity index (χ3n) is 10.6. The molecule has 9 atom stereocenters. The average Bonchev–Trinajstić information content (AvgIpc) is 2.88. The molecule has 5 rings (SSSR count). The van der Waals surface area contributed by atoms with E-state index in [9.17, 15) is 0 Å². The van der Waals surface area contributed by atoms with Gasteiger partial charge in [-0.05, 0) is 91.3 Å². The van der Waals surface area contributed by atoms with Crippen LogP contribution in [0.4, 0.5) is 0 Å². The Labute approximate surface area is 164 Å². The lowest BCUT2D eigenvalue weighted by Gasteiger charge is -2.46. The van der Waals surface area contributed by atoms with Crippen molar-refractivity contribution in [2.45, 2.75) is 103 Å². The summed E-state index contributed by atoms with van der Waals surface area (Å²) in [5.41, 5.74) is 0.550. The smallest absolute Gasteiger partial charge is 0.0699 e. The Balaban J connectivity index is 1.29. The van der Waals surface area contributed by atoms with Crippen molar-refractivity contribution in [3.8, 4) is 0 Å². The van der Waals surface area contributed by atoms with Gasteiger partial charge in [-0.3, -0.25) is 0 Å². The number of hydrogen-bond acceptors (Lipinski definition) is 0. The Morgan fingerprint density at radius 2 is 1.12 bits per heavy atom. The molecule has 0 aromatic heterocycles. The van der Waals surface area contributed by atoms with Gasteiger partial charge in [0.05, 0.1) is 7.85 Å². The fourth-order valence-corrected chi connectivity index (χ4v) is 9.23. The van der Waals surface area contributed by atoms with Crippen LogP contribution in [0.2, 0.25) is 5.82 Å². The molecule has 0 heterocycles. The second-order valence-electron chi connectivity index (χ2n) is 11.9. The van der Waals surface area contributed by atoms with E-state index in [1.54, 1.807) is 51.4 Å². The first-order chi connectivity index (χ1) is 12.5. The Morgan fingerprint density at radius 3 is 1.92 bits per heavy atom. The van der Waals surface area contributed by atoms with Gasteiger partial charge < -0.3 is 0 Å². The van der Waals surface area contributed by atoms with E-state index in [2.05, 4.69) is 13.8 Å². The summed E-state index contributed by atoms with van der Waals surface area (Å²) in [4.78, 5) is 0. The van der Waals surface area contributed by atoms with Crippen molar-refractivity contribution in [2.75, 3.05) is 0 Å². The molecule has 0 aromatic carbocycles. The number of hydrogen-bond donors (Lipinski definition) is 0. The van der Waals surface area contributed by atoms with E-state index >= 15 is 0 Å². The van der Waals surface area contributed by atoms with Crippen LogP contribution in [0, 0.1) is 52.8 Å². The summed E-state index contributed by atoms with van der Waals surface area (Å²) >= 11 is 0. The zero-order valence-corrected chi connectivity index (χ0v) is 17.5. The molecule has 26 heavy (non-hydrogen) atoms. The summed E-state index contributed by atoms with van der Waals surface area (Å²) in [5.74, 6) is 8.85. The third-order valence-corrected chi connectivity index (χ3v) is 10.6. The molecule has 0 saturated heterocycles. The van der Waals surface area contributed by atoms with Crippen molar-refractivity contribution in [2.24, 2.45) is 52.8 Å². The SMILES string of the molecule is [B]C1CCC2C3CCC(C4CCC5CCCCC5C4)CC3C(C)(C)C2C1. The first-order valence-electron chi connectivity index (χ1n) is 12.3. The summed E-state index contributed by atoms with van der Waals surface area (Å²) in [6.45, 7) is 5.27. The molecule has 5 aliphatic rings. The van der Waals surface area contributed by atoms with Crippen molar-refractivity contribution in [1.29, 1.82) is 0 Å². The first kappa shape index (κ1) is 18.1. The molecule has 2 radical (unpaired) electrons. The van der Waals surface area contributed by atoms with Gasteiger partial charge in [-0.15, -0.1) is 0 Å². The maximum absolute atomic E-state index is 6.41. The van der Waals surface area contributed by atoms with Crippen LogP contribution in [0.25, 0.3) is 0 Å². The largest absolute Gasteiger partial charge is 0.0771 e. The standard InChI is InChI=1S/C25H41B/c1-25(2)23-14-19(18-8-7-16-5-3-4-6-17(16)13-18)9-11-21(23)22-12-10-20(26)15-24(22)25/h16-24H,3-15H2,1-2H3. The Kier molecular flexibility index (Phi) is 4.77. The monoisotopic (exact) mass is 352 g/mol. The highest BCUT2D eigenvalue weighted by Crippen LogP contribution is 2.65. The molecule has 1 heteroatoms. The lowest BCUT2D eigenvalue weighted by molar-refractivity contribution is 0.0386. The molecular formula is C25H41B. The fourth-order valence-electron chi connectivity index (χ4n) is 9.23. The molecule has 9 unspecified atom stereocenters. The van der Waals surface area contributed by atoms with Crippen LogP contribution in [-0.4, -0.2) is 7.85 Å². The minimum atomic E-state index is 0.494. The van der Waals surface area contributed by atoms with Crippen LogP contribution in [-0.2, 0) is 0 Å². The van der Waals surface area contributed by atoms with Gasteiger partial charge in [0.25, 0.3) is 0 Å². The van der Waals surface area contributed by atoms with E-state index in [0.717, 1.165) is 47.3 Å². The maximum Gasteiger partial charge on any atom is 0.0699 e. The van der Waals surface area contributed by atoms with E-state index < -0.39 is 0 Å². The molecular weight excluding hydrogens is 311 g/mol. The molecule has 5 aliphatic carbocycles. The van der Waals surface area contributed by atoms with Gasteiger partial charge >= 0.3 is 0 Å². The van der Waals surface area contributed by atoms with E-state index in [0.29, 0.717) is 11.2 Å². The summed E-state index contributed by atoms with van der Waals surface area (Å²) in [5, 5.41) is 0. The summed E-state index contributed by atoms with van der Waals surface area (Å²) in [6, 6.07) is 0. The van der Waals surface area contributed by atoms with Gasteiger partial charge in [0, 0.05) is 0 Å². The quantitative estimate of drug-likeness (QED) is 0.444. The second kappa shape index (κ2) is 6.84. The summed E-state index contributed by atoms with van der Waals surface area (Å²) in [6.07, 6.45) is 19.7. The van der Waals surface area contributed by atoms with E-state index in [1.165, 1.54) is 32.1 Å². The lowest BCUT2D eigenvalue weighted by Crippen LogP contribution is -2.37. The van der Waals surface area contributed by atoms with Crippen LogP contribution in [0.15, 0.2) is 0 Å². The first-order valence-corrected chi connectivity index (χ1v) is 12.3. The van der Waals surface area contributed by atoms with Gasteiger partial charge in [0.1, 0.15) is 0 Å². The topological polar surface area (TPSA) is 0 Å². The molecule has 0 aliphatic heterocycles. The van der Waals surface area contributed by atoms with Crippen molar-refractivity contribution >= 4 is 7.85 Å². The predicted octanol–water partition coefficient (Wildman–Crippen LogP) is 7.04. The molecule has 0 spiro atoms. The summed E-state index contributed by atoms with van der Waals surface area (Å²) in [7, 11) is 6.41. The van der Waals surface area contributed by atoms with Gasteiger partial charge in [-0.1, -0.05) is 64.6 Å². The molecule has 0 bridgehead atoms. The van der Waals surface area contributed by atoms with E-state index in [4.69, 9.17) is 7.85 Å². The van der Waals surface area contributed by atoms with Crippen LogP contribution in [0.1, 0.15) is 97.3 Å². The highest BCUT2D eigenvalue weighted by molar-refractivity contribution is 6.11. The molecule has 0 amide bonds. The number of fused-ring (bicyclic) bond motifs is 4. The second-order valence-corrected chi connectivity index (χ2v) is 11.9. The van der Waals surface area contributed by atoms with Gasteiger partial charge in [-0.2, -0.15) is 0 Å². The maximum atomic E-state index is 6.41. The van der Waals surface area contributed by atoms with Crippen molar-refractivity contribution in [3.05, 3.63) is 0 Å². The highest BCUT2D eigenvalue weighted by Gasteiger charge is 2.57. The summed E-state index contributed by atoms with van der Waals surface area (Å²) < 4.78 is 0. The van der Waals surface area contributed by atoms with Crippen molar-refractivity contribution in [1.82, 2.24) is 0 Å². The third kappa shape index (κ3) is 2.93. The van der Waals surface area contributed by atoms with Crippen LogP contribution >= 0.6 is 0 Å². The molecule has 5 saturated carbocycles. The number of rotatable bonds is 1. The molecule has 0 nitrogen and oxygen atoms in total. The van der Waals surface area contributed by atoms with Gasteiger partial charge in [0.2, 0.25) is 0 Å². The van der Waals surface area contributed by atoms with Crippen molar-refractivity contribution in [3.63, 3.8) is 0 Å². The van der Waals surface area contributed by atoms with Crippen LogP contribution < -0.4 is 0 Å².